The molecule has 5 nitrogen and oxygen atoms in total. The molecule has 0 saturated carbocycles. The molecule has 0 bridgehead atoms. The molecule has 5 rings (SSSR count). The first-order valence-electron chi connectivity index (χ1n) is 8.85. The third-order valence-corrected chi connectivity index (χ3v) is 5.97. The molecule has 1 aromatic carbocycles. The minimum atomic E-state index is 0.593. The highest BCUT2D eigenvalue weighted by Gasteiger charge is 2.19. The van der Waals surface area contributed by atoms with Crippen LogP contribution < -0.4 is 14.8 Å². The maximum absolute atomic E-state index is 5.74. The van der Waals surface area contributed by atoms with Gasteiger partial charge in [-0.15, -0.1) is 11.3 Å². The van der Waals surface area contributed by atoms with Gasteiger partial charge in [0.1, 0.15) is 23.9 Å². The zero-order valence-corrected chi connectivity index (χ0v) is 15.4. The highest BCUT2D eigenvalue weighted by Crippen LogP contribution is 2.38. The fourth-order valence-electron chi connectivity index (χ4n) is 3.50. The van der Waals surface area contributed by atoms with E-state index in [9.17, 15) is 0 Å². The Labute approximate surface area is 156 Å². The van der Waals surface area contributed by atoms with E-state index >= 15 is 0 Å². The first-order chi connectivity index (χ1) is 12.8. The van der Waals surface area contributed by atoms with Crippen LogP contribution >= 0.6 is 11.3 Å². The Morgan fingerprint density at radius 3 is 2.88 bits per heavy atom. The number of hydrogen-bond donors (Lipinski definition) is 1. The number of nitrogens with one attached hydrogen (secondary N) is 1. The average Bonchev–Trinajstić information content (AvgIpc) is 3.12. The Morgan fingerprint density at radius 2 is 2.00 bits per heavy atom. The Hall–Kier alpha value is -2.44. The van der Waals surface area contributed by atoms with Gasteiger partial charge in [0, 0.05) is 30.6 Å². The van der Waals surface area contributed by atoms with Crippen molar-refractivity contribution >= 4 is 11.3 Å². The summed E-state index contributed by atoms with van der Waals surface area (Å²) in [7, 11) is 0. The van der Waals surface area contributed by atoms with Crippen LogP contribution in [0.1, 0.15) is 16.1 Å². The topological polar surface area (TPSA) is 56.3 Å². The molecule has 1 N–H and O–H groups in total. The molecule has 0 saturated heterocycles. The summed E-state index contributed by atoms with van der Waals surface area (Å²) in [6.45, 7) is 5.23. The van der Waals surface area contributed by atoms with Gasteiger partial charge in [0.2, 0.25) is 0 Å². The van der Waals surface area contributed by atoms with Gasteiger partial charge < -0.3 is 14.8 Å². The Kier molecular flexibility index (Phi) is 3.87. The van der Waals surface area contributed by atoms with Crippen molar-refractivity contribution in [3.05, 3.63) is 46.6 Å². The lowest BCUT2D eigenvalue weighted by atomic mass is 9.99. The number of fused-ring (bicyclic) bond motifs is 2. The van der Waals surface area contributed by atoms with Crippen LogP contribution in [0.25, 0.3) is 21.8 Å². The van der Waals surface area contributed by atoms with Crippen LogP contribution in [0.15, 0.2) is 30.5 Å². The highest BCUT2D eigenvalue weighted by molar-refractivity contribution is 7.15. The summed E-state index contributed by atoms with van der Waals surface area (Å²) in [6, 6.07) is 8.17. The quantitative estimate of drug-likeness (QED) is 0.752. The SMILES string of the molecule is Cc1c(-c2ccc3c(c2)OCCO3)ccnc1-c1nc2c(s1)CNCC2. The maximum Gasteiger partial charge on any atom is 0.161 e. The first-order valence-corrected chi connectivity index (χ1v) is 9.66. The van der Waals surface area contributed by atoms with Crippen molar-refractivity contribution in [2.24, 2.45) is 0 Å². The molecule has 2 aliphatic heterocycles. The molecule has 0 unspecified atom stereocenters. The highest BCUT2D eigenvalue weighted by atomic mass is 32.1. The van der Waals surface area contributed by atoms with E-state index < -0.39 is 0 Å². The summed E-state index contributed by atoms with van der Waals surface area (Å²) >= 11 is 1.75. The number of ether oxygens (including phenoxy) is 2. The standard InChI is InChI=1S/C20H19N3O2S/c1-12-14(13-2-3-16-17(10-13)25-9-8-24-16)4-7-22-19(12)20-23-15-5-6-21-11-18(15)26-20/h2-4,7,10,21H,5-6,8-9,11H2,1H3. The molecule has 0 amide bonds. The van der Waals surface area contributed by atoms with Crippen molar-refractivity contribution in [1.29, 1.82) is 0 Å². The van der Waals surface area contributed by atoms with E-state index in [1.165, 1.54) is 10.6 Å². The molecule has 26 heavy (non-hydrogen) atoms. The van der Waals surface area contributed by atoms with Crippen LogP contribution in [0.3, 0.4) is 0 Å². The molecule has 4 heterocycles. The van der Waals surface area contributed by atoms with Gasteiger partial charge in [0.25, 0.3) is 0 Å². The van der Waals surface area contributed by atoms with Crippen molar-refractivity contribution in [3.63, 3.8) is 0 Å². The van der Waals surface area contributed by atoms with Crippen molar-refractivity contribution in [2.45, 2.75) is 19.9 Å². The van der Waals surface area contributed by atoms with Crippen LogP contribution in [0.5, 0.6) is 11.5 Å². The smallest absolute Gasteiger partial charge is 0.161 e. The van der Waals surface area contributed by atoms with Crippen molar-refractivity contribution in [3.8, 4) is 33.3 Å². The molecule has 2 aromatic heterocycles. The van der Waals surface area contributed by atoms with E-state index in [0.29, 0.717) is 13.2 Å². The van der Waals surface area contributed by atoms with Crippen molar-refractivity contribution in [2.75, 3.05) is 19.8 Å². The predicted molar refractivity (Wildman–Crippen MR) is 102 cm³/mol. The lowest BCUT2D eigenvalue weighted by molar-refractivity contribution is 0.171. The van der Waals surface area contributed by atoms with E-state index in [-0.39, 0.29) is 0 Å². The normalized spacial score (nSPS) is 15.6. The summed E-state index contributed by atoms with van der Waals surface area (Å²) < 4.78 is 11.4. The van der Waals surface area contributed by atoms with E-state index in [4.69, 9.17) is 14.5 Å². The first kappa shape index (κ1) is 15.8. The molecule has 0 spiro atoms. The second-order valence-electron chi connectivity index (χ2n) is 6.51. The van der Waals surface area contributed by atoms with Gasteiger partial charge in [-0.2, -0.15) is 0 Å². The molecule has 0 radical (unpaired) electrons. The second-order valence-corrected chi connectivity index (χ2v) is 7.59. The Bertz CT molecular complexity index is 960. The van der Waals surface area contributed by atoms with Gasteiger partial charge in [-0.25, -0.2) is 4.98 Å². The number of thiazole rings is 1. The van der Waals surface area contributed by atoms with Gasteiger partial charge in [0.05, 0.1) is 5.69 Å². The molecule has 0 aliphatic carbocycles. The Morgan fingerprint density at radius 1 is 1.12 bits per heavy atom. The zero-order chi connectivity index (χ0) is 17.5. The largest absolute Gasteiger partial charge is 0.486 e. The molecule has 0 atom stereocenters. The zero-order valence-electron chi connectivity index (χ0n) is 14.5. The lowest BCUT2D eigenvalue weighted by Crippen LogP contribution is -2.22. The predicted octanol–water partition coefficient (Wildman–Crippen LogP) is 3.60. The molecule has 6 heteroatoms. The van der Waals surface area contributed by atoms with E-state index in [1.54, 1.807) is 11.3 Å². The van der Waals surface area contributed by atoms with Gasteiger partial charge in [-0.05, 0) is 41.8 Å². The van der Waals surface area contributed by atoms with Crippen LogP contribution in [-0.2, 0) is 13.0 Å². The second kappa shape index (κ2) is 6.37. The summed E-state index contributed by atoms with van der Waals surface area (Å²) in [6.07, 6.45) is 2.86. The lowest BCUT2D eigenvalue weighted by Gasteiger charge is -2.19. The van der Waals surface area contributed by atoms with E-state index in [2.05, 4.69) is 35.4 Å². The number of rotatable bonds is 2. The number of pyridine rings is 1. The molecular formula is C20H19N3O2S. The van der Waals surface area contributed by atoms with Crippen molar-refractivity contribution < 1.29 is 9.47 Å². The summed E-state index contributed by atoms with van der Waals surface area (Å²) in [4.78, 5) is 10.8. The van der Waals surface area contributed by atoms with Gasteiger partial charge in [-0.3, -0.25) is 4.98 Å². The molecule has 132 valence electrons. The molecule has 3 aromatic rings. The number of aromatic nitrogens is 2. The molecular weight excluding hydrogens is 346 g/mol. The molecule has 2 aliphatic rings. The van der Waals surface area contributed by atoms with Crippen LogP contribution in [0.2, 0.25) is 0 Å². The van der Waals surface area contributed by atoms with Crippen molar-refractivity contribution in [1.82, 2.24) is 15.3 Å². The van der Waals surface area contributed by atoms with Gasteiger partial charge in [0.15, 0.2) is 11.5 Å². The van der Waals surface area contributed by atoms with Crippen LogP contribution in [0.4, 0.5) is 0 Å². The van der Waals surface area contributed by atoms with Crippen LogP contribution in [0, 0.1) is 6.92 Å². The Balaban J connectivity index is 1.57. The number of hydrogen-bond acceptors (Lipinski definition) is 6. The minimum absolute atomic E-state index is 0.593. The maximum atomic E-state index is 5.74. The number of nitrogens with zero attached hydrogens (tertiary/aromatic N) is 2. The third kappa shape index (κ3) is 2.66. The fraction of sp³-hybridized carbons (Fsp3) is 0.300. The molecule has 0 fully saturated rings. The number of benzene rings is 1. The summed E-state index contributed by atoms with van der Waals surface area (Å²) in [5, 5.41) is 4.42. The average molecular weight is 365 g/mol. The van der Waals surface area contributed by atoms with Crippen LogP contribution in [-0.4, -0.2) is 29.7 Å². The van der Waals surface area contributed by atoms with E-state index in [0.717, 1.165) is 58.4 Å². The third-order valence-electron chi connectivity index (χ3n) is 4.86. The monoisotopic (exact) mass is 365 g/mol. The van der Waals surface area contributed by atoms with Gasteiger partial charge >= 0.3 is 0 Å². The van der Waals surface area contributed by atoms with E-state index in [1.807, 2.05) is 12.3 Å². The van der Waals surface area contributed by atoms with Gasteiger partial charge in [-0.1, -0.05) is 6.07 Å². The summed E-state index contributed by atoms with van der Waals surface area (Å²) in [5.74, 6) is 1.62. The minimum Gasteiger partial charge on any atom is -0.486 e. The summed E-state index contributed by atoms with van der Waals surface area (Å²) in [5.41, 5.74) is 5.59. The fourth-order valence-corrected chi connectivity index (χ4v) is 4.63.